The fourth-order valence-corrected chi connectivity index (χ4v) is 6.03. The van der Waals surface area contributed by atoms with Gasteiger partial charge in [-0.1, -0.05) is 170 Å². The van der Waals surface area contributed by atoms with Crippen LogP contribution in [0.15, 0.2) is 176 Å². The van der Waals surface area contributed by atoms with Crippen molar-refractivity contribution in [2.45, 2.75) is 0 Å². The lowest BCUT2D eigenvalue weighted by Gasteiger charge is -2.16. The summed E-state index contributed by atoms with van der Waals surface area (Å²) < 4.78 is 0. The van der Waals surface area contributed by atoms with Gasteiger partial charge in [0.2, 0.25) is 0 Å². The third-order valence-corrected chi connectivity index (χ3v) is 8.36. The molecule has 8 rings (SSSR count). The van der Waals surface area contributed by atoms with E-state index in [1.54, 1.807) is 0 Å². The zero-order chi connectivity index (χ0) is 30.7. The molecule has 7 aromatic carbocycles. The Hall–Kier alpha value is -6.19. The molecular formula is C43H29N3. The summed E-state index contributed by atoms with van der Waals surface area (Å²) in [6, 6.07) is 61.2. The molecule has 8 aromatic rings. The van der Waals surface area contributed by atoms with Gasteiger partial charge in [-0.25, -0.2) is 15.0 Å². The summed E-state index contributed by atoms with van der Waals surface area (Å²) in [7, 11) is 0. The van der Waals surface area contributed by atoms with Crippen molar-refractivity contribution in [2.24, 2.45) is 0 Å². The van der Waals surface area contributed by atoms with Gasteiger partial charge in [-0.3, -0.25) is 0 Å². The molecule has 1 heterocycles. The summed E-state index contributed by atoms with van der Waals surface area (Å²) in [4.78, 5) is 14.9. The second-order valence-electron chi connectivity index (χ2n) is 11.3. The Balaban J connectivity index is 1.32. The fourth-order valence-electron chi connectivity index (χ4n) is 6.03. The van der Waals surface area contributed by atoms with Gasteiger partial charge in [0.1, 0.15) is 0 Å². The average molecular weight is 588 g/mol. The fraction of sp³-hybridized carbons (Fsp3) is 0. The van der Waals surface area contributed by atoms with E-state index in [9.17, 15) is 0 Å². The van der Waals surface area contributed by atoms with Crippen molar-refractivity contribution >= 4 is 10.8 Å². The second kappa shape index (κ2) is 12.1. The van der Waals surface area contributed by atoms with Gasteiger partial charge in [0.05, 0.1) is 0 Å². The van der Waals surface area contributed by atoms with Crippen LogP contribution in [0.5, 0.6) is 0 Å². The van der Waals surface area contributed by atoms with Gasteiger partial charge in [0, 0.05) is 16.7 Å². The van der Waals surface area contributed by atoms with Crippen molar-refractivity contribution in [3.63, 3.8) is 0 Å². The van der Waals surface area contributed by atoms with E-state index in [1.165, 1.54) is 27.5 Å². The first-order chi connectivity index (χ1) is 22.8. The van der Waals surface area contributed by atoms with Gasteiger partial charge in [-0.05, 0) is 50.2 Å². The number of nitrogens with zero attached hydrogens (tertiary/aromatic N) is 3. The van der Waals surface area contributed by atoms with E-state index in [1.807, 2.05) is 66.7 Å². The number of hydrogen-bond donors (Lipinski definition) is 0. The zero-order valence-corrected chi connectivity index (χ0v) is 25.1. The van der Waals surface area contributed by atoms with E-state index in [4.69, 9.17) is 15.0 Å². The first-order valence-corrected chi connectivity index (χ1v) is 15.5. The van der Waals surface area contributed by atoms with E-state index in [-0.39, 0.29) is 0 Å². The van der Waals surface area contributed by atoms with Crippen molar-refractivity contribution in [2.75, 3.05) is 0 Å². The number of hydrogen-bond acceptors (Lipinski definition) is 3. The molecule has 0 saturated carbocycles. The number of benzene rings is 7. The number of fused-ring (bicyclic) bond motifs is 1. The molecule has 3 heteroatoms. The van der Waals surface area contributed by atoms with Crippen LogP contribution in [0.25, 0.3) is 78.3 Å². The van der Waals surface area contributed by atoms with E-state index >= 15 is 0 Å². The van der Waals surface area contributed by atoms with Crippen LogP contribution in [0.2, 0.25) is 0 Å². The predicted octanol–water partition coefficient (Wildman–Crippen LogP) is 11.0. The Morgan fingerprint density at radius 2 is 0.717 bits per heavy atom. The largest absolute Gasteiger partial charge is 0.208 e. The molecule has 216 valence electrons. The highest BCUT2D eigenvalue weighted by Crippen LogP contribution is 2.39. The van der Waals surface area contributed by atoms with Crippen LogP contribution in [0.3, 0.4) is 0 Å². The molecule has 1 aromatic heterocycles. The summed E-state index contributed by atoms with van der Waals surface area (Å²) in [5.74, 6) is 1.94. The quantitative estimate of drug-likeness (QED) is 0.194. The van der Waals surface area contributed by atoms with Crippen molar-refractivity contribution in [1.29, 1.82) is 0 Å². The van der Waals surface area contributed by atoms with E-state index in [0.717, 1.165) is 33.4 Å². The van der Waals surface area contributed by atoms with Crippen LogP contribution >= 0.6 is 0 Å². The van der Waals surface area contributed by atoms with Gasteiger partial charge in [0.15, 0.2) is 17.5 Å². The lowest BCUT2D eigenvalue weighted by atomic mass is 9.89. The topological polar surface area (TPSA) is 38.7 Å². The molecule has 0 spiro atoms. The molecule has 3 nitrogen and oxygen atoms in total. The van der Waals surface area contributed by atoms with Crippen molar-refractivity contribution in [1.82, 2.24) is 15.0 Å². The number of aromatic nitrogens is 3. The van der Waals surface area contributed by atoms with Crippen LogP contribution < -0.4 is 0 Å². The number of rotatable bonds is 6. The highest BCUT2D eigenvalue weighted by atomic mass is 15.0. The first kappa shape index (κ1) is 27.4. The van der Waals surface area contributed by atoms with Crippen molar-refractivity contribution in [3.05, 3.63) is 176 Å². The van der Waals surface area contributed by atoms with Gasteiger partial charge in [0.25, 0.3) is 0 Å². The van der Waals surface area contributed by atoms with Crippen molar-refractivity contribution in [3.8, 4) is 67.5 Å². The Morgan fingerprint density at radius 3 is 1.35 bits per heavy atom. The van der Waals surface area contributed by atoms with Gasteiger partial charge >= 0.3 is 0 Å². The monoisotopic (exact) mass is 587 g/mol. The van der Waals surface area contributed by atoms with Crippen LogP contribution in [-0.4, -0.2) is 15.0 Å². The van der Waals surface area contributed by atoms with Crippen LogP contribution in [-0.2, 0) is 0 Å². The molecule has 0 aliphatic carbocycles. The minimum atomic E-state index is 0.639. The smallest absolute Gasteiger partial charge is 0.164 e. The first-order valence-electron chi connectivity index (χ1n) is 15.5. The van der Waals surface area contributed by atoms with Crippen LogP contribution in [0.1, 0.15) is 0 Å². The maximum atomic E-state index is 5.02. The second-order valence-corrected chi connectivity index (χ2v) is 11.3. The normalized spacial score (nSPS) is 11.0. The molecule has 0 radical (unpaired) electrons. The van der Waals surface area contributed by atoms with E-state index in [0.29, 0.717) is 17.5 Å². The standard InChI is InChI=1S/C43H29N3/c1-4-13-30(14-5-1)31-23-25-33(26-24-31)38-28-27-36(29-40(38)39-22-12-20-32-15-10-11-21-37(32)39)43-45-41(34-16-6-2-7-17-34)44-42(46-43)35-18-8-3-9-19-35/h1-29H. The molecule has 0 fully saturated rings. The Morgan fingerprint density at radius 1 is 0.261 bits per heavy atom. The molecule has 0 saturated heterocycles. The molecule has 0 atom stereocenters. The SMILES string of the molecule is c1ccc(-c2ccc(-c3ccc(-c4nc(-c5ccccc5)nc(-c5ccccc5)n4)cc3-c3cccc4ccccc34)cc2)cc1. The summed E-state index contributed by atoms with van der Waals surface area (Å²) in [6.45, 7) is 0. The van der Waals surface area contributed by atoms with Crippen molar-refractivity contribution < 1.29 is 0 Å². The molecule has 0 N–H and O–H groups in total. The molecule has 0 unspecified atom stereocenters. The third-order valence-electron chi connectivity index (χ3n) is 8.36. The molecule has 46 heavy (non-hydrogen) atoms. The maximum absolute atomic E-state index is 5.02. The minimum absolute atomic E-state index is 0.639. The Labute approximate surface area is 268 Å². The predicted molar refractivity (Wildman–Crippen MR) is 190 cm³/mol. The molecule has 0 aliphatic heterocycles. The molecule has 0 bridgehead atoms. The summed E-state index contributed by atoms with van der Waals surface area (Å²) in [5.41, 5.74) is 9.84. The zero-order valence-electron chi connectivity index (χ0n) is 25.1. The molecular weight excluding hydrogens is 558 g/mol. The summed E-state index contributed by atoms with van der Waals surface area (Å²) >= 11 is 0. The minimum Gasteiger partial charge on any atom is -0.208 e. The highest BCUT2D eigenvalue weighted by molar-refractivity contribution is 6.01. The third kappa shape index (κ3) is 5.36. The maximum Gasteiger partial charge on any atom is 0.164 e. The summed E-state index contributed by atoms with van der Waals surface area (Å²) in [5, 5.41) is 2.41. The van der Waals surface area contributed by atoms with Crippen LogP contribution in [0.4, 0.5) is 0 Å². The lowest BCUT2D eigenvalue weighted by Crippen LogP contribution is -2.00. The Bertz CT molecular complexity index is 2220. The molecule has 0 aliphatic rings. The van der Waals surface area contributed by atoms with E-state index in [2.05, 4.69) is 109 Å². The van der Waals surface area contributed by atoms with E-state index < -0.39 is 0 Å². The van der Waals surface area contributed by atoms with Gasteiger partial charge in [-0.2, -0.15) is 0 Å². The highest BCUT2D eigenvalue weighted by Gasteiger charge is 2.16. The lowest BCUT2D eigenvalue weighted by molar-refractivity contribution is 1.07. The van der Waals surface area contributed by atoms with Gasteiger partial charge in [-0.15, -0.1) is 0 Å². The molecule has 0 amide bonds. The summed E-state index contributed by atoms with van der Waals surface area (Å²) in [6.07, 6.45) is 0. The Kier molecular flexibility index (Phi) is 7.18. The average Bonchev–Trinajstić information content (AvgIpc) is 3.15. The van der Waals surface area contributed by atoms with Gasteiger partial charge < -0.3 is 0 Å². The van der Waals surface area contributed by atoms with Crippen LogP contribution in [0, 0.1) is 0 Å².